The van der Waals surface area contributed by atoms with Crippen LogP contribution in [0, 0.1) is 6.92 Å². The lowest BCUT2D eigenvalue weighted by molar-refractivity contribution is -0.397. The Bertz CT molecular complexity index is 967. The molecule has 3 aromatic rings. The molecule has 1 fully saturated rings. The number of H-pyrrole nitrogens is 1. The van der Waals surface area contributed by atoms with E-state index >= 15 is 0 Å². The van der Waals surface area contributed by atoms with Crippen molar-refractivity contribution >= 4 is 11.6 Å². The molecule has 10 heteroatoms. The number of anilines is 1. The van der Waals surface area contributed by atoms with Gasteiger partial charge < -0.3 is 4.90 Å². The molecule has 0 amide bonds. The van der Waals surface area contributed by atoms with Crippen LogP contribution in [-0.4, -0.2) is 37.5 Å². The number of aromatic amines is 1. The molecule has 0 radical (unpaired) electrons. The second kappa shape index (κ2) is 6.50. The summed E-state index contributed by atoms with van der Waals surface area (Å²) < 4.78 is 42.2. The number of rotatable bonds is 4. The molecular formula is C17H21F3N7+. The van der Waals surface area contributed by atoms with Crippen molar-refractivity contribution in [2.45, 2.75) is 38.8 Å². The van der Waals surface area contributed by atoms with Crippen molar-refractivity contribution in [1.82, 2.24) is 24.4 Å². The SMILES string of the molecule is Cc1c(C(F)(F)F)[nH+]c2ccc(CCc3nc(N4CCCC4)nn3C)nn12. The average Bonchev–Trinajstić information content (AvgIpc) is 3.32. The third kappa shape index (κ3) is 3.35. The predicted molar refractivity (Wildman–Crippen MR) is 91.3 cm³/mol. The molecule has 0 aliphatic carbocycles. The molecule has 1 aliphatic rings. The number of hydrogen-bond acceptors (Lipinski definition) is 4. The first kappa shape index (κ1) is 17.7. The normalized spacial score (nSPS) is 15.2. The van der Waals surface area contributed by atoms with Gasteiger partial charge in [-0.3, -0.25) is 4.68 Å². The van der Waals surface area contributed by atoms with Crippen molar-refractivity contribution < 1.29 is 18.2 Å². The molecule has 144 valence electrons. The van der Waals surface area contributed by atoms with Gasteiger partial charge in [-0.1, -0.05) is 9.61 Å². The molecule has 0 atom stereocenters. The number of hydrogen-bond donors (Lipinski definition) is 0. The summed E-state index contributed by atoms with van der Waals surface area (Å²) in [6.45, 7) is 3.37. The van der Waals surface area contributed by atoms with Crippen molar-refractivity contribution in [1.29, 1.82) is 0 Å². The van der Waals surface area contributed by atoms with E-state index in [2.05, 4.69) is 25.1 Å². The van der Waals surface area contributed by atoms with E-state index in [1.807, 2.05) is 7.05 Å². The lowest BCUT2D eigenvalue weighted by atomic mass is 10.2. The zero-order valence-corrected chi connectivity index (χ0v) is 15.2. The van der Waals surface area contributed by atoms with Gasteiger partial charge >= 0.3 is 11.8 Å². The highest BCUT2D eigenvalue weighted by molar-refractivity contribution is 5.35. The van der Waals surface area contributed by atoms with Gasteiger partial charge in [0.2, 0.25) is 5.95 Å². The second-order valence-corrected chi connectivity index (χ2v) is 6.85. The highest BCUT2D eigenvalue weighted by Crippen LogP contribution is 2.28. The van der Waals surface area contributed by atoms with Crippen LogP contribution in [0.4, 0.5) is 19.1 Å². The third-order valence-corrected chi connectivity index (χ3v) is 4.94. The van der Waals surface area contributed by atoms with Gasteiger partial charge in [0.15, 0.2) is 5.69 Å². The van der Waals surface area contributed by atoms with E-state index in [4.69, 9.17) is 0 Å². The monoisotopic (exact) mass is 380 g/mol. The molecule has 27 heavy (non-hydrogen) atoms. The van der Waals surface area contributed by atoms with Gasteiger partial charge in [0.05, 0.1) is 5.69 Å². The highest BCUT2D eigenvalue weighted by Gasteiger charge is 2.41. The Kier molecular flexibility index (Phi) is 4.27. The molecular weight excluding hydrogens is 359 g/mol. The van der Waals surface area contributed by atoms with Crippen LogP contribution in [0.1, 0.15) is 35.7 Å². The smallest absolute Gasteiger partial charge is 0.340 e. The summed E-state index contributed by atoms with van der Waals surface area (Å²) in [6, 6.07) is 3.36. The number of nitrogens with zero attached hydrogens (tertiary/aromatic N) is 6. The largest absolute Gasteiger partial charge is 0.457 e. The molecule has 4 rings (SSSR count). The van der Waals surface area contributed by atoms with E-state index in [1.165, 1.54) is 11.4 Å². The van der Waals surface area contributed by atoms with Crippen LogP contribution in [0.5, 0.6) is 0 Å². The summed E-state index contributed by atoms with van der Waals surface area (Å²) in [4.78, 5) is 9.18. The fraction of sp³-hybridized carbons (Fsp3) is 0.529. The van der Waals surface area contributed by atoms with Crippen molar-refractivity contribution in [3.8, 4) is 0 Å². The van der Waals surface area contributed by atoms with Crippen molar-refractivity contribution in [2.24, 2.45) is 7.05 Å². The van der Waals surface area contributed by atoms with E-state index in [0.29, 0.717) is 24.2 Å². The lowest BCUT2D eigenvalue weighted by Crippen LogP contribution is -2.19. The first-order chi connectivity index (χ1) is 12.8. The van der Waals surface area contributed by atoms with Gasteiger partial charge in [0.25, 0.3) is 5.69 Å². The molecule has 1 saturated heterocycles. The standard InChI is InChI=1S/C17H20F3N7/c1-11-15(17(18,19)20)21-14-8-6-12(23-27(11)14)5-7-13-22-16(24-25(13)2)26-9-3-4-10-26/h6,8H,3-5,7,9-10H2,1-2H3/p+1. The van der Waals surface area contributed by atoms with Crippen LogP contribution in [-0.2, 0) is 26.1 Å². The number of alkyl halides is 3. The molecule has 4 heterocycles. The molecule has 7 nitrogen and oxygen atoms in total. The average molecular weight is 380 g/mol. The van der Waals surface area contributed by atoms with E-state index < -0.39 is 11.9 Å². The summed E-state index contributed by atoms with van der Waals surface area (Å²) in [7, 11) is 1.86. The van der Waals surface area contributed by atoms with Crippen molar-refractivity contribution in [3.63, 3.8) is 0 Å². The number of halogens is 3. The number of aromatic nitrogens is 6. The number of aryl methyl sites for hydroxylation is 4. The number of fused-ring (bicyclic) bond motifs is 1. The zero-order valence-electron chi connectivity index (χ0n) is 15.2. The Morgan fingerprint density at radius 3 is 2.56 bits per heavy atom. The maximum Gasteiger partial charge on any atom is 0.457 e. The molecule has 0 aromatic carbocycles. The molecule has 1 aliphatic heterocycles. The third-order valence-electron chi connectivity index (χ3n) is 4.94. The first-order valence-corrected chi connectivity index (χ1v) is 8.95. The minimum absolute atomic E-state index is 0.0503. The van der Waals surface area contributed by atoms with Crippen LogP contribution in [0.25, 0.3) is 5.65 Å². The summed E-state index contributed by atoms with van der Waals surface area (Å²) in [6.07, 6.45) is -0.926. The predicted octanol–water partition coefficient (Wildman–Crippen LogP) is 1.99. The van der Waals surface area contributed by atoms with Crippen molar-refractivity contribution in [2.75, 3.05) is 18.0 Å². The molecule has 0 bridgehead atoms. The molecule has 0 saturated carbocycles. The second-order valence-electron chi connectivity index (χ2n) is 6.85. The van der Waals surface area contributed by atoms with Gasteiger partial charge in [-0.2, -0.15) is 18.2 Å². The van der Waals surface area contributed by atoms with Gasteiger partial charge in [0, 0.05) is 46.0 Å². The Labute approximate surface area is 153 Å². The zero-order chi connectivity index (χ0) is 19.2. The van der Waals surface area contributed by atoms with E-state index in [9.17, 15) is 13.2 Å². The van der Waals surface area contributed by atoms with Gasteiger partial charge in [0.1, 0.15) is 5.82 Å². The number of nitrogens with one attached hydrogen (secondary N) is 1. The summed E-state index contributed by atoms with van der Waals surface area (Å²) in [5, 5.41) is 8.83. The van der Waals surface area contributed by atoms with Gasteiger partial charge in [-0.25, -0.2) is 4.98 Å². The summed E-state index contributed by atoms with van der Waals surface area (Å²) in [5.41, 5.74) is 0.303. The molecule has 1 N–H and O–H groups in total. The maximum absolute atomic E-state index is 13.0. The van der Waals surface area contributed by atoms with Crippen LogP contribution in [0.15, 0.2) is 12.1 Å². The van der Waals surface area contributed by atoms with E-state index in [1.54, 1.807) is 16.8 Å². The molecule has 0 unspecified atom stereocenters. The highest BCUT2D eigenvalue weighted by atomic mass is 19.4. The number of imidazole rings is 1. The van der Waals surface area contributed by atoms with Crippen LogP contribution < -0.4 is 9.88 Å². The van der Waals surface area contributed by atoms with E-state index in [0.717, 1.165) is 37.7 Å². The minimum atomic E-state index is -4.43. The first-order valence-electron chi connectivity index (χ1n) is 8.95. The van der Waals surface area contributed by atoms with Gasteiger partial charge in [-0.05, 0) is 18.9 Å². The Hall–Kier alpha value is -2.65. The molecule has 3 aromatic heterocycles. The van der Waals surface area contributed by atoms with Gasteiger partial charge in [-0.15, -0.1) is 5.10 Å². The Morgan fingerprint density at radius 1 is 1.11 bits per heavy atom. The topological polar surface area (TPSA) is 65.4 Å². The van der Waals surface area contributed by atoms with Crippen LogP contribution in [0.3, 0.4) is 0 Å². The lowest BCUT2D eigenvalue weighted by Gasteiger charge is -2.10. The Balaban J connectivity index is 1.53. The van der Waals surface area contributed by atoms with Crippen molar-refractivity contribution in [3.05, 3.63) is 35.0 Å². The van der Waals surface area contributed by atoms with Crippen LogP contribution >= 0.6 is 0 Å². The quantitative estimate of drug-likeness (QED) is 0.694. The van der Waals surface area contributed by atoms with E-state index in [-0.39, 0.29) is 5.69 Å². The maximum atomic E-state index is 13.0. The summed E-state index contributed by atoms with van der Waals surface area (Å²) in [5.74, 6) is 1.59. The Morgan fingerprint density at radius 2 is 1.85 bits per heavy atom. The minimum Gasteiger partial charge on any atom is -0.340 e. The fourth-order valence-electron chi connectivity index (χ4n) is 3.46. The van der Waals surface area contributed by atoms with Crippen LogP contribution in [0.2, 0.25) is 0 Å². The fourth-order valence-corrected chi connectivity index (χ4v) is 3.46. The molecule has 0 spiro atoms. The summed E-state index contributed by atoms with van der Waals surface area (Å²) >= 11 is 0.